The zero-order chi connectivity index (χ0) is 17.9. The molecule has 132 valence electrons. The first-order valence-electron chi connectivity index (χ1n) is 7.44. The molecule has 0 spiro atoms. The van der Waals surface area contributed by atoms with Crippen LogP contribution in [0.3, 0.4) is 0 Å². The van der Waals surface area contributed by atoms with Crippen molar-refractivity contribution in [2.24, 2.45) is 0 Å². The Kier molecular flexibility index (Phi) is 5.11. The van der Waals surface area contributed by atoms with Gasteiger partial charge >= 0.3 is 0 Å². The highest BCUT2D eigenvalue weighted by Crippen LogP contribution is 2.24. The van der Waals surface area contributed by atoms with Gasteiger partial charge in [0.2, 0.25) is 10.0 Å². The average molecular weight is 379 g/mol. The molecule has 3 rings (SSSR count). The van der Waals surface area contributed by atoms with Gasteiger partial charge < -0.3 is 9.84 Å². The fourth-order valence-electron chi connectivity index (χ4n) is 2.51. The van der Waals surface area contributed by atoms with E-state index in [2.05, 4.69) is 13.5 Å². The van der Waals surface area contributed by atoms with E-state index in [0.29, 0.717) is 16.6 Å². The molecule has 2 aromatic carbocycles. The van der Waals surface area contributed by atoms with E-state index in [1.165, 1.54) is 13.2 Å². The predicted octanol–water partition coefficient (Wildman–Crippen LogP) is 1.50. The number of fused-ring (bicyclic) bond motifs is 1. The van der Waals surface area contributed by atoms with Gasteiger partial charge in [-0.25, -0.2) is 13.1 Å². The molecule has 0 amide bonds. The van der Waals surface area contributed by atoms with Gasteiger partial charge in [-0.1, -0.05) is 36.4 Å². The molecule has 0 aliphatic rings. The Bertz CT molecular complexity index is 960. The third-order valence-corrected chi connectivity index (χ3v) is 5.76. The quantitative estimate of drug-likeness (QED) is 0.645. The molecule has 0 aliphatic heterocycles. The van der Waals surface area contributed by atoms with Crippen LogP contribution in [0.2, 0.25) is 0 Å². The molecule has 0 bridgehead atoms. The van der Waals surface area contributed by atoms with Crippen molar-refractivity contribution >= 4 is 32.8 Å². The monoisotopic (exact) mass is 379 g/mol. The lowest BCUT2D eigenvalue weighted by molar-refractivity contribution is -0.0310. The normalized spacial score (nSPS) is 14.5. The molecule has 0 saturated carbocycles. The van der Waals surface area contributed by atoms with Crippen LogP contribution >= 0.6 is 11.7 Å². The van der Waals surface area contributed by atoms with Gasteiger partial charge in [0.25, 0.3) is 0 Å². The number of aliphatic hydroxyl groups is 1. The summed E-state index contributed by atoms with van der Waals surface area (Å²) in [6.45, 7) is -0.289. The van der Waals surface area contributed by atoms with E-state index in [-0.39, 0.29) is 18.0 Å². The van der Waals surface area contributed by atoms with Gasteiger partial charge in [0.15, 0.2) is 0 Å². The maximum absolute atomic E-state index is 12.7. The molecule has 1 unspecified atom stereocenters. The standard InChI is InChI=1S/C16H17N3O4S2/c1-23-11-16(20,12-6-3-2-4-7-12)10-17-25(21,22)14-9-5-8-13-15(14)19-24-18-13/h2-9,17,20H,10-11H2,1H3. The van der Waals surface area contributed by atoms with Gasteiger partial charge in [-0.15, -0.1) is 0 Å². The Hall–Kier alpha value is -1.91. The smallest absolute Gasteiger partial charge is 0.242 e. The van der Waals surface area contributed by atoms with Crippen LogP contribution in [-0.2, 0) is 20.4 Å². The van der Waals surface area contributed by atoms with Gasteiger partial charge in [0.1, 0.15) is 21.5 Å². The fourth-order valence-corrected chi connectivity index (χ4v) is 4.37. The summed E-state index contributed by atoms with van der Waals surface area (Å²) in [6, 6.07) is 13.6. The molecule has 25 heavy (non-hydrogen) atoms. The number of nitrogens with zero attached hydrogens (tertiary/aromatic N) is 2. The lowest BCUT2D eigenvalue weighted by Crippen LogP contribution is -2.43. The molecule has 1 heterocycles. The number of ether oxygens (including phenoxy) is 1. The van der Waals surface area contributed by atoms with Crippen molar-refractivity contribution in [1.29, 1.82) is 0 Å². The summed E-state index contributed by atoms with van der Waals surface area (Å²) in [7, 11) is -2.43. The van der Waals surface area contributed by atoms with Gasteiger partial charge in [0, 0.05) is 13.7 Å². The molecule has 0 radical (unpaired) electrons. The third-order valence-electron chi connectivity index (χ3n) is 3.79. The van der Waals surface area contributed by atoms with Gasteiger partial charge in [-0.2, -0.15) is 8.75 Å². The number of rotatable bonds is 7. The van der Waals surface area contributed by atoms with Crippen molar-refractivity contribution in [2.75, 3.05) is 20.3 Å². The first kappa shape index (κ1) is 17.9. The second-order valence-corrected chi connectivity index (χ2v) is 7.81. The highest BCUT2D eigenvalue weighted by Gasteiger charge is 2.32. The molecule has 1 aromatic heterocycles. The van der Waals surface area contributed by atoms with Crippen LogP contribution in [0.5, 0.6) is 0 Å². The zero-order valence-electron chi connectivity index (χ0n) is 13.4. The number of sulfonamides is 1. The highest BCUT2D eigenvalue weighted by atomic mass is 32.2. The van der Waals surface area contributed by atoms with E-state index < -0.39 is 15.6 Å². The summed E-state index contributed by atoms with van der Waals surface area (Å²) < 4.78 is 41.0. The minimum atomic E-state index is -3.88. The molecule has 0 saturated heterocycles. The molecule has 2 N–H and O–H groups in total. The maximum atomic E-state index is 12.7. The minimum Gasteiger partial charge on any atom is -0.381 e. The number of benzene rings is 2. The lowest BCUT2D eigenvalue weighted by Gasteiger charge is -2.28. The van der Waals surface area contributed by atoms with Crippen LogP contribution in [0.25, 0.3) is 11.0 Å². The van der Waals surface area contributed by atoms with Crippen molar-refractivity contribution in [3.63, 3.8) is 0 Å². The van der Waals surface area contributed by atoms with Crippen LogP contribution in [-0.4, -0.2) is 42.5 Å². The van der Waals surface area contributed by atoms with E-state index in [0.717, 1.165) is 11.7 Å². The number of aromatic nitrogens is 2. The molecule has 0 fully saturated rings. The first-order valence-corrected chi connectivity index (χ1v) is 9.65. The second kappa shape index (κ2) is 7.14. The van der Waals surface area contributed by atoms with Crippen molar-refractivity contribution in [2.45, 2.75) is 10.5 Å². The maximum Gasteiger partial charge on any atom is 0.242 e. The Labute approximate surface area is 149 Å². The van der Waals surface area contributed by atoms with E-state index in [1.54, 1.807) is 36.4 Å². The number of methoxy groups -OCH3 is 1. The predicted molar refractivity (Wildman–Crippen MR) is 94.8 cm³/mol. The summed E-state index contributed by atoms with van der Waals surface area (Å²) in [5.41, 5.74) is -0.0942. The van der Waals surface area contributed by atoms with Crippen LogP contribution in [0, 0.1) is 0 Å². The van der Waals surface area contributed by atoms with Gasteiger partial charge in [-0.05, 0) is 17.7 Å². The van der Waals surface area contributed by atoms with E-state index in [9.17, 15) is 13.5 Å². The molecule has 3 aromatic rings. The molecule has 7 nitrogen and oxygen atoms in total. The number of nitrogens with one attached hydrogen (secondary N) is 1. The molecular weight excluding hydrogens is 362 g/mol. The van der Waals surface area contributed by atoms with Crippen LogP contribution < -0.4 is 4.72 Å². The summed E-state index contributed by atoms with van der Waals surface area (Å²) in [6.07, 6.45) is 0. The van der Waals surface area contributed by atoms with Crippen molar-refractivity contribution < 1.29 is 18.3 Å². The summed E-state index contributed by atoms with van der Waals surface area (Å²) in [4.78, 5) is 0.0339. The van der Waals surface area contributed by atoms with E-state index in [1.807, 2.05) is 6.07 Å². The van der Waals surface area contributed by atoms with Crippen LogP contribution in [0.4, 0.5) is 0 Å². The molecule has 1 atom stereocenters. The Morgan fingerprint density at radius 1 is 1.16 bits per heavy atom. The molecule has 0 aliphatic carbocycles. The van der Waals surface area contributed by atoms with Crippen molar-refractivity contribution in [1.82, 2.24) is 13.5 Å². The first-order chi connectivity index (χ1) is 12.0. The summed E-state index contributed by atoms with van der Waals surface area (Å²) >= 11 is 0.950. The van der Waals surface area contributed by atoms with Crippen LogP contribution in [0.1, 0.15) is 5.56 Å². The zero-order valence-corrected chi connectivity index (χ0v) is 15.0. The Morgan fingerprint density at radius 3 is 2.64 bits per heavy atom. The van der Waals surface area contributed by atoms with Gasteiger partial charge in [-0.3, -0.25) is 0 Å². The van der Waals surface area contributed by atoms with E-state index >= 15 is 0 Å². The summed E-state index contributed by atoms with van der Waals surface area (Å²) in [5, 5.41) is 10.9. The minimum absolute atomic E-state index is 0.0339. The molecular formula is C16H17N3O4S2. The largest absolute Gasteiger partial charge is 0.381 e. The van der Waals surface area contributed by atoms with Crippen molar-refractivity contribution in [3.8, 4) is 0 Å². The van der Waals surface area contributed by atoms with Crippen LogP contribution in [0.15, 0.2) is 53.4 Å². The third kappa shape index (κ3) is 3.70. The molecule has 9 heteroatoms. The summed E-state index contributed by atoms with van der Waals surface area (Å²) in [5.74, 6) is 0. The second-order valence-electron chi connectivity index (χ2n) is 5.54. The average Bonchev–Trinajstić information content (AvgIpc) is 3.10. The fraction of sp³-hybridized carbons (Fsp3) is 0.250. The van der Waals surface area contributed by atoms with Crippen molar-refractivity contribution in [3.05, 3.63) is 54.1 Å². The SMILES string of the molecule is COCC(O)(CNS(=O)(=O)c1cccc2nsnc12)c1ccccc1. The number of hydrogen-bond donors (Lipinski definition) is 2. The number of hydrogen-bond acceptors (Lipinski definition) is 7. The Morgan fingerprint density at radius 2 is 1.92 bits per heavy atom. The lowest BCUT2D eigenvalue weighted by atomic mass is 9.95. The topological polar surface area (TPSA) is 101 Å². The van der Waals surface area contributed by atoms with E-state index in [4.69, 9.17) is 4.74 Å². The van der Waals surface area contributed by atoms with Gasteiger partial charge in [0.05, 0.1) is 18.3 Å². The highest BCUT2D eigenvalue weighted by molar-refractivity contribution is 7.89. The Balaban J connectivity index is 1.89.